The summed E-state index contributed by atoms with van der Waals surface area (Å²) in [5.74, 6) is 0.628. The molecule has 214 valence electrons. The van der Waals surface area contributed by atoms with Gasteiger partial charge in [-0.3, -0.25) is 0 Å². The first-order chi connectivity index (χ1) is 18.7. The van der Waals surface area contributed by atoms with Crippen molar-refractivity contribution >= 4 is 11.9 Å². The van der Waals surface area contributed by atoms with Gasteiger partial charge in [-0.25, -0.2) is 9.59 Å². The molecule has 0 heterocycles. The van der Waals surface area contributed by atoms with Crippen LogP contribution in [0.5, 0.6) is 11.5 Å². The van der Waals surface area contributed by atoms with E-state index in [1.807, 2.05) is 24.3 Å². The average Bonchev–Trinajstić information content (AvgIpc) is 2.94. The highest BCUT2D eigenvalue weighted by atomic mass is 16.6. The number of rotatable bonds is 26. The summed E-state index contributed by atoms with van der Waals surface area (Å²) in [6.45, 7) is 12.3. The molecule has 10 heteroatoms. The number of hydrogen-bond acceptors (Lipinski definition) is 10. The van der Waals surface area contributed by atoms with E-state index >= 15 is 0 Å². The second kappa shape index (κ2) is 24.4. The summed E-state index contributed by atoms with van der Waals surface area (Å²) in [6, 6.07) is 7.44. The van der Waals surface area contributed by atoms with Crippen LogP contribution in [-0.4, -0.2) is 91.2 Å². The lowest BCUT2D eigenvalue weighted by Crippen LogP contribution is -2.10. The molecule has 0 spiro atoms. The van der Waals surface area contributed by atoms with Gasteiger partial charge in [-0.2, -0.15) is 0 Å². The van der Waals surface area contributed by atoms with Gasteiger partial charge in [0.05, 0.1) is 26.4 Å². The van der Waals surface area contributed by atoms with Crippen molar-refractivity contribution in [3.8, 4) is 11.5 Å². The third kappa shape index (κ3) is 20.2. The Kier molecular flexibility index (Phi) is 21.3. The summed E-state index contributed by atoms with van der Waals surface area (Å²) < 4.78 is 42.8. The summed E-state index contributed by atoms with van der Waals surface area (Å²) in [6.07, 6.45) is 5.76. The fourth-order valence-electron chi connectivity index (χ4n) is 2.81. The van der Waals surface area contributed by atoms with Crippen LogP contribution in [0.2, 0.25) is 0 Å². The highest BCUT2D eigenvalue weighted by molar-refractivity contribution is 5.81. The predicted molar refractivity (Wildman–Crippen MR) is 141 cm³/mol. The minimum atomic E-state index is -0.440. The Morgan fingerprint density at radius 2 is 0.816 bits per heavy atom. The molecule has 1 aromatic carbocycles. The monoisotopic (exact) mass is 538 g/mol. The molecule has 0 unspecified atom stereocenters. The minimum absolute atomic E-state index is 0.235. The molecule has 0 saturated carbocycles. The van der Waals surface area contributed by atoms with Crippen molar-refractivity contribution in [3.63, 3.8) is 0 Å². The Labute approximate surface area is 225 Å². The number of carbonyl (C=O) groups excluding carboxylic acids is 2. The van der Waals surface area contributed by atoms with Gasteiger partial charge in [0.2, 0.25) is 0 Å². The van der Waals surface area contributed by atoms with Crippen LogP contribution in [0.4, 0.5) is 0 Å². The van der Waals surface area contributed by atoms with E-state index in [1.54, 1.807) is 0 Å². The predicted octanol–water partition coefficient (Wildman–Crippen LogP) is 3.53. The molecule has 0 amide bonds. The average molecular weight is 539 g/mol. The quantitative estimate of drug-likeness (QED) is 0.0987. The molecule has 0 aromatic heterocycles. The van der Waals surface area contributed by atoms with Gasteiger partial charge in [0.1, 0.15) is 37.9 Å². The maximum atomic E-state index is 10.9. The normalized spacial score (nSPS) is 10.5. The molecule has 0 aliphatic heterocycles. The molecule has 0 aliphatic carbocycles. The molecule has 0 N–H and O–H groups in total. The molecule has 1 aromatic rings. The van der Waals surface area contributed by atoms with Crippen LogP contribution in [0.3, 0.4) is 0 Å². The Morgan fingerprint density at radius 1 is 0.500 bits per heavy atom. The zero-order valence-corrected chi connectivity index (χ0v) is 22.3. The van der Waals surface area contributed by atoms with E-state index < -0.39 is 11.9 Å². The molecule has 38 heavy (non-hydrogen) atoms. The Morgan fingerprint density at radius 3 is 1.13 bits per heavy atom. The van der Waals surface area contributed by atoms with Gasteiger partial charge < -0.3 is 37.9 Å². The number of carbonyl (C=O) groups is 2. The Balaban J connectivity index is 1.87. The van der Waals surface area contributed by atoms with E-state index in [-0.39, 0.29) is 13.2 Å². The van der Waals surface area contributed by atoms with Gasteiger partial charge in [-0.05, 0) is 49.9 Å². The highest BCUT2D eigenvalue weighted by Gasteiger charge is 1.99. The number of ether oxygens (including phenoxy) is 8. The van der Waals surface area contributed by atoms with Crippen LogP contribution in [0.15, 0.2) is 49.6 Å². The van der Waals surface area contributed by atoms with Gasteiger partial charge in [-0.1, -0.05) is 13.2 Å². The van der Waals surface area contributed by atoms with E-state index in [2.05, 4.69) is 13.2 Å². The first kappa shape index (κ1) is 33.1. The molecule has 10 nitrogen and oxygen atoms in total. The smallest absolute Gasteiger partial charge is 0.330 e. The maximum Gasteiger partial charge on any atom is 0.330 e. The topological polar surface area (TPSA) is 108 Å². The van der Waals surface area contributed by atoms with Crippen LogP contribution >= 0.6 is 0 Å². The number of benzene rings is 1. The molecular formula is C28H42O10. The maximum absolute atomic E-state index is 10.9. The minimum Gasteiger partial charge on any atom is -0.491 e. The molecule has 0 bridgehead atoms. The van der Waals surface area contributed by atoms with Crippen molar-refractivity contribution in [1.29, 1.82) is 0 Å². The Hall–Kier alpha value is -2.92. The van der Waals surface area contributed by atoms with Crippen LogP contribution in [0.1, 0.15) is 25.7 Å². The highest BCUT2D eigenvalue weighted by Crippen LogP contribution is 2.17. The summed E-state index contributed by atoms with van der Waals surface area (Å²) in [7, 11) is 0. The second-order valence-electron chi connectivity index (χ2n) is 7.78. The zero-order valence-electron chi connectivity index (χ0n) is 22.3. The van der Waals surface area contributed by atoms with Crippen molar-refractivity contribution < 1.29 is 47.5 Å². The van der Waals surface area contributed by atoms with Gasteiger partial charge in [0.25, 0.3) is 0 Å². The molecule has 0 radical (unpaired) electrons. The molecule has 0 atom stereocenters. The molecule has 0 fully saturated rings. The van der Waals surface area contributed by atoms with Gasteiger partial charge >= 0.3 is 11.9 Å². The molecule has 0 saturated heterocycles. The molecular weight excluding hydrogens is 496 g/mol. The van der Waals surface area contributed by atoms with Crippen LogP contribution in [-0.2, 0) is 38.0 Å². The van der Waals surface area contributed by atoms with Crippen molar-refractivity contribution in [2.45, 2.75) is 25.7 Å². The van der Waals surface area contributed by atoms with Gasteiger partial charge in [0, 0.05) is 38.6 Å². The fourth-order valence-corrected chi connectivity index (χ4v) is 2.81. The lowest BCUT2D eigenvalue weighted by atomic mass is 10.3. The standard InChI is InChI=1S/C28H42O10/c1-3-27(29)37-23-19-33-15-7-5-13-31-17-21-35-25-9-11-26(12-10-25)36-22-18-32-14-6-8-16-34-20-24-38-28(30)4-2/h3-4,9-12H,1-2,5-8,13-24H2. The first-order valence-electron chi connectivity index (χ1n) is 12.9. The lowest BCUT2D eigenvalue weighted by molar-refractivity contribution is -0.140. The summed E-state index contributed by atoms with van der Waals surface area (Å²) in [5.41, 5.74) is 0. The van der Waals surface area contributed by atoms with Crippen LogP contribution in [0.25, 0.3) is 0 Å². The zero-order chi connectivity index (χ0) is 27.5. The van der Waals surface area contributed by atoms with E-state index in [0.717, 1.165) is 49.3 Å². The van der Waals surface area contributed by atoms with Gasteiger partial charge in [0.15, 0.2) is 0 Å². The summed E-state index contributed by atoms with van der Waals surface area (Å²) in [4.78, 5) is 21.7. The molecule has 1 rings (SSSR count). The largest absolute Gasteiger partial charge is 0.491 e. The summed E-state index contributed by atoms with van der Waals surface area (Å²) in [5, 5.41) is 0. The third-order valence-corrected chi connectivity index (χ3v) is 4.75. The number of hydrogen-bond donors (Lipinski definition) is 0. The SMILES string of the molecule is C=CC(=O)OCCOCCCCOCCOc1ccc(OCCOCCCCOCCOC(=O)C=C)cc1. The Bertz CT molecular complexity index is 688. The van der Waals surface area contributed by atoms with Crippen molar-refractivity contribution in [2.24, 2.45) is 0 Å². The van der Waals surface area contributed by atoms with Crippen molar-refractivity contribution in [1.82, 2.24) is 0 Å². The van der Waals surface area contributed by atoms with Crippen LogP contribution < -0.4 is 9.47 Å². The number of unbranched alkanes of at least 4 members (excludes halogenated alkanes) is 2. The van der Waals surface area contributed by atoms with E-state index in [0.29, 0.717) is 66.1 Å². The van der Waals surface area contributed by atoms with E-state index in [1.165, 1.54) is 0 Å². The third-order valence-electron chi connectivity index (χ3n) is 4.75. The van der Waals surface area contributed by atoms with E-state index in [4.69, 9.17) is 37.9 Å². The van der Waals surface area contributed by atoms with Crippen molar-refractivity contribution in [2.75, 3.05) is 79.3 Å². The lowest BCUT2D eigenvalue weighted by Gasteiger charge is -2.10. The van der Waals surface area contributed by atoms with Gasteiger partial charge in [-0.15, -0.1) is 0 Å². The van der Waals surface area contributed by atoms with Crippen LogP contribution in [0, 0.1) is 0 Å². The first-order valence-corrected chi connectivity index (χ1v) is 12.9. The second-order valence-corrected chi connectivity index (χ2v) is 7.78. The van der Waals surface area contributed by atoms with E-state index in [9.17, 15) is 9.59 Å². The number of esters is 2. The fraction of sp³-hybridized carbons (Fsp3) is 0.571. The van der Waals surface area contributed by atoms with Crippen molar-refractivity contribution in [3.05, 3.63) is 49.6 Å². The molecule has 0 aliphatic rings. The summed E-state index contributed by atoms with van der Waals surface area (Å²) >= 11 is 0.